The Morgan fingerprint density at radius 3 is 2.93 bits per heavy atom. The Hall–Kier alpha value is -1.26. The van der Waals surface area contributed by atoms with Crippen molar-refractivity contribution in [3.8, 4) is 0 Å². The summed E-state index contributed by atoms with van der Waals surface area (Å²) in [4.78, 5) is 10.5. The number of primary amides is 1. The Morgan fingerprint density at radius 2 is 2.36 bits per heavy atom. The first-order chi connectivity index (χ1) is 7.34. The summed E-state index contributed by atoms with van der Waals surface area (Å²) < 4.78 is 18.8. The monoisotopic (exact) mass is 219 g/mol. The maximum atomic E-state index is 10.5. The average Bonchev–Trinajstić information content (AvgIpc) is 2.15. The van der Waals surface area contributed by atoms with Gasteiger partial charge in [-0.15, -0.1) is 0 Å². The molecule has 1 atom stereocenters. The minimum absolute atomic E-state index is 0.121. The van der Waals surface area contributed by atoms with Crippen LogP contribution in [0.25, 0.3) is 0 Å². The minimum Gasteiger partial charge on any atom is -0.447 e. The van der Waals surface area contributed by atoms with Crippen molar-refractivity contribution in [2.45, 2.75) is 6.10 Å². The molecule has 0 radical (unpaired) electrons. The van der Waals surface area contributed by atoms with E-state index >= 15 is 0 Å². The maximum Gasteiger partial charge on any atom is 0.404 e. The number of ether oxygens (including phenoxy) is 1. The van der Waals surface area contributed by atoms with E-state index in [1.54, 1.807) is 12.1 Å². The summed E-state index contributed by atoms with van der Waals surface area (Å²) in [7, 11) is 0. The van der Waals surface area contributed by atoms with Crippen molar-refractivity contribution in [1.82, 2.24) is 0 Å². The first-order valence-corrected chi connectivity index (χ1v) is 4.13. The molecule has 14 heavy (non-hydrogen) atoms. The van der Waals surface area contributed by atoms with Gasteiger partial charge in [-0.25, -0.2) is 4.79 Å². The molecule has 4 nitrogen and oxygen atoms in total. The standard InChI is InChI=1S/C9H10ClNO3/c10-7-4-2-1-3-6(7)8(12)5-14-9(11)13/h1-4,8,12H,5H2,(H2,11,13)/t8-/m1/s1/i5D2,9+1,11+1. The fourth-order valence-electron chi connectivity index (χ4n) is 0.874. The fourth-order valence-corrected chi connectivity index (χ4v) is 1.11. The number of carbonyl (C=O) groups excluding carboxylic acids is 1. The van der Waals surface area contributed by atoms with Crippen LogP contribution in [0, 0.1) is 0 Å². The van der Waals surface area contributed by atoms with Gasteiger partial charge >= 0.3 is 6.09 Å². The zero-order valence-corrected chi connectivity index (χ0v) is 7.86. The second-order valence-corrected chi connectivity index (χ2v) is 2.87. The van der Waals surface area contributed by atoms with E-state index in [0.29, 0.717) is 0 Å². The van der Waals surface area contributed by atoms with Crippen molar-refractivity contribution in [2.75, 3.05) is 6.56 Å². The van der Waals surface area contributed by atoms with E-state index in [9.17, 15) is 9.90 Å². The third-order valence-corrected chi connectivity index (χ3v) is 1.82. The Kier molecular flexibility index (Phi) is 2.79. The molecule has 76 valence electrons. The number of aliphatic hydroxyl groups is 1. The molecule has 0 aliphatic carbocycles. The van der Waals surface area contributed by atoms with Gasteiger partial charge in [0.15, 0.2) is 0 Å². The van der Waals surface area contributed by atoms with Crippen molar-refractivity contribution >= 4 is 17.7 Å². The maximum absolute atomic E-state index is 10.5. The number of halogens is 1. The third-order valence-electron chi connectivity index (χ3n) is 1.47. The van der Waals surface area contributed by atoms with E-state index in [1.807, 2.05) is 0 Å². The van der Waals surface area contributed by atoms with Crippen LogP contribution in [0.3, 0.4) is 0 Å². The highest BCUT2D eigenvalue weighted by atomic mass is 35.5. The van der Waals surface area contributed by atoms with Gasteiger partial charge in [0.05, 0.1) is 2.74 Å². The van der Waals surface area contributed by atoms with Gasteiger partial charge in [0.25, 0.3) is 0 Å². The Labute approximate surface area is 89.0 Å². The van der Waals surface area contributed by atoms with Crippen LogP contribution in [-0.4, -0.2) is 17.8 Å². The van der Waals surface area contributed by atoms with E-state index in [1.165, 1.54) is 12.1 Å². The molecule has 0 fully saturated rings. The number of aliphatic hydroxyl groups excluding tert-OH is 1. The molecule has 0 heterocycles. The summed E-state index contributed by atoms with van der Waals surface area (Å²) in [6.45, 7) is -2.63. The van der Waals surface area contributed by atoms with Gasteiger partial charge in [-0.1, -0.05) is 29.8 Å². The van der Waals surface area contributed by atoms with Crippen LogP contribution in [0.1, 0.15) is 14.4 Å². The largest absolute Gasteiger partial charge is 0.447 e. The van der Waals surface area contributed by atoms with Crippen LogP contribution in [-0.2, 0) is 4.74 Å². The molecular formula is C9H10ClNO3. The SMILES string of the molecule is [2H]C([2H])(O[13C]([15NH2])=O)[C@@H](O)c1ccccc1Cl. The van der Waals surface area contributed by atoms with E-state index in [4.69, 9.17) is 14.3 Å². The molecule has 0 saturated heterocycles. The number of hydrogen-bond acceptors (Lipinski definition) is 3. The number of rotatable bonds is 3. The lowest BCUT2D eigenvalue weighted by atomic mass is 10.1. The quantitative estimate of drug-likeness (QED) is 0.597. The summed E-state index contributed by atoms with van der Waals surface area (Å²) in [5.74, 6) is 0. The van der Waals surface area contributed by atoms with Crippen molar-refractivity contribution in [2.24, 2.45) is 5.73 Å². The molecule has 0 spiro atoms. The summed E-state index contributed by atoms with van der Waals surface area (Å²) in [5.41, 5.74) is 4.81. The zero-order chi connectivity index (χ0) is 12.3. The Balaban J connectivity index is 2.97. The molecule has 0 aliphatic heterocycles. The summed E-state index contributed by atoms with van der Waals surface area (Å²) >= 11 is 5.76. The van der Waals surface area contributed by atoms with E-state index in [-0.39, 0.29) is 10.6 Å². The van der Waals surface area contributed by atoms with Gasteiger partial charge in [-0.3, -0.25) is 0 Å². The van der Waals surface area contributed by atoms with Crippen LogP contribution in [0.2, 0.25) is 5.02 Å². The lowest BCUT2D eigenvalue weighted by Crippen LogP contribution is -2.17. The molecular weight excluding hydrogens is 208 g/mol. The van der Waals surface area contributed by atoms with Crippen LogP contribution < -0.4 is 5.73 Å². The van der Waals surface area contributed by atoms with Crippen LogP contribution in [0.15, 0.2) is 24.3 Å². The molecule has 0 aliphatic rings. The molecule has 0 unspecified atom stereocenters. The minimum atomic E-state index is -2.63. The van der Waals surface area contributed by atoms with Crippen LogP contribution in [0.5, 0.6) is 0 Å². The van der Waals surface area contributed by atoms with Crippen molar-refractivity contribution in [3.05, 3.63) is 34.9 Å². The van der Waals surface area contributed by atoms with E-state index in [0.717, 1.165) is 0 Å². The predicted octanol–water partition coefficient (Wildman–Crippen LogP) is 1.47. The summed E-state index contributed by atoms with van der Waals surface area (Å²) in [5, 5.41) is 9.86. The molecule has 5 heteroatoms. The molecule has 1 aromatic carbocycles. The smallest absolute Gasteiger partial charge is 0.404 e. The second kappa shape index (κ2) is 4.83. The predicted molar refractivity (Wildman–Crippen MR) is 51.9 cm³/mol. The summed E-state index contributed by atoms with van der Waals surface area (Å²) in [6.07, 6.45) is -3.01. The van der Waals surface area contributed by atoms with Gasteiger partial charge in [0, 0.05) is 10.6 Å². The molecule has 0 aromatic heterocycles. The molecule has 0 saturated carbocycles. The van der Waals surface area contributed by atoms with Gasteiger partial charge in [-0.2, -0.15) is 0 Å². The molecule has 1 amide bonds. The molecule has 3 N–H and O–H groups in total. The second-order valence-electron chi connectivity index (χ2n) is 2.46. The van der Waals surface area contributed by atoms with Crippen molar-refractivity contribution in [3.63, 3.8) is 0 Å². The van der Waals surface area contributed by atoms with Gasteiger partial charge < -0.3 is 15.6 Å². The average molecular weight is 220 g/mol. The first kappa shape index (κ1) is 8.08. The van der Waals surface area contributed by atoms with Gasteiger partial charge in [0.1, 0.15) is 12.7 Å². The van der Waals surface area contributed by atoms with Crippen LogP contribution >= 0.6 is 11.6 Å². The number of hydrogen-bond donors (Lipinski definition) is 2. The normalized spacial score (nSPS) is 15.3. The molecule has 1 rings (SSSR count). The van der Waals surface area contributed by atoms with Crippen molar-refractivity contribution < 1.29 is 17.4 Å². The topological polar surface area (TPSA) is 72.5 Å². The van der Waals surface area contributed by atoms with Gasteiger partial charge in [-0.05, 0) is 6.07 Å². The molecule has 0 bridgehead atoms. The van der Waals surface area contributed by atoms with E-state index < -0.39 is 18.8 Å². The Morgan fingerprint density at radius 1 is 1.71 bits per heavy atom. The molecule has 1 aromatic rings. The highest BCUT2D eigenvalue weighted by Gasteiger charge is 2.12. The number of nitrogens with two attached hydrogens (primary N) is 1. The summed E-state index contributed by atoms with van der Waals surface area (Å²) in [6, 6.07) is 6.11. The highest BCUT2D eigenvalue weighted by Crippen LogP contribution is 2.22. The van der Waals surface area contributed by atoms with Crippen LogP contribution in [0.4, 0.5) is 4.79 Å². The number of benzene rings is 1. The zero-order valence-electron chi connectivity index (χ0n) is 9.11. The number of carbonyl (C=O) groups is 1. The first-order valence-electron chi connectivity index (χ1n) is 4.75. The van der Waals surface area contributed by atoms with Gasteiger partial charge in [0.2, 0.25) is 0 Å². The lowest BCUT2D eigenvalue weighted by Gasteiger charge is -2.11. The fraction of sp³-hybridized carbons (Fsp3) is 0.222. The van der Waals surface area contributed by atoms with E-state index in [2.05, 4.69) is 10.5 Å². The Bertz CT molecular complexity index is 400. The van der Waals surface area contributed by atoms with Crippen molar-refractivity contribution in [1.29, 1.82) is 0 Å². The lowest BCUT2D eigenvalue weighted by molar-refractivity contribution is 0.0729. The third kappa shape index (κ3) is 2.90. The number of amides is 1. The highest BCUT2D eigenvalue weighted by molar-refractivity contribution is 6.31.